The topological polar surface area (TPSA) is 55.8 Å². The zero-order valence-corrected chi connectivity index (χ0v) is 9.73. The Balaban J connectivity index is 3.60. The summed E-state index contributed by atoms with van der Waals surface area (Å²) in [6.45, 7) is 2.16. The quantitative estimate of drug-likeness (QED) is 0.507. The van der Waals surface area contributed by atoms with E-state index in [0.717, 1.165) is 12.2 Å². The molecule has 0 radical (unpaired) electrons. The second kappa shape index (κ2) is 7.09. The first kappa shape index (κ1) is 13.7. The summed E-state index contributed by atoms with van der Waals surface area (Å²) in [5.41, 5.74) is -1.38. The molecule has 84 valence electrons. The maximum atomic E-state index is 11.0. The standard InChI is InChI=1S/C9H18O4S/c1-9(11,8(10)13-3)7-14-6-4-5-12-2/h11H,4-7H2,1-3H3. The predicted octanol–water partition coefficient (Wildman–Crippen LogP) is 0.680. The zero-order chi connectivity index (χ0) is 11.0. The Kier molecular flexibility index (Phi) is 6.96. The molecule has 0 saturated heterocycles. The normalized spacial score (nSPS) is 14.9. The van der Waals surface area contributed by atoms with Gasteiger partial charge in [0, 0.05) is 19.5 Å². The molecular formula is C9H18O4S. The number of rotatable bonds is 7. The first-order chi connectivity index (χ1) is 6.54. The minimum atomic E-state index is -1.38. The third-order valence-corrected chi connectivity index (χ3v) is 2.99. The summed E-state index contributed by atoms with van der Waals surface area (Å²) in [7, 11) is 2.92. The van der Waals surface area contributed by atoms with Gasteiger partial charge >= 0.3 is 5.97 Å². The molecule has 0 aliphatic carbocycles. The Morgan fingerprint density at radius 3 is 2.64 bits per heavy atom. The Bertz CT molecular complexity index is 170. The Labute approximate surface area is 89.0 Å². The smallest absolute Gasteiger partial charge is 0.338 e. The summed E-state index contributed by atoms with van der Waals surface area (Å²) in [5.74, 6) is 0.626. The van der Waals surface area contributed by atoms with Crippen LogP contribution in [0.1, 0.15) is 13.3 Å². The fraction of sp³-hybridized carbons (Fsp3) is 0.889. The minimum absolute atomic E-state index is 0.351. The largest absolute Gasteiger partial charge is 0.467 e. The summed E-state index contributed by atoms with van der Waals surface area (Å²) >= 11 is 1.51. The highest BCUT2D eigenvalue weighted by Crippen LogP contribution is 2.15. The second-order valence-corrected chi connectivity index (χ2v) is 4.27. The van der Waals surface area contributed by atoms with Crippen LogP contribution in [0.15, 0.2) is 0 Å². The fourth-order valence-electron chi connectivity index (χ4n) is 0.855. The molecule has 1 atom stereocenters. The van der Waals surface area contributed by atoms with Crippen molar-refractivity contribution >= 4 is 17.7 Å². The van der Waals surface area contributed by atoms with E-state index in [2.05, 4.69) is 4.74 Å². The number of carbonyl (C=O) groups excluding carboxylic acids is 1. The molecule has 0 aromatic rings. The SMILES string of the molecule is COCCCSCC(C)(O)C(=O)OC. The molecule has 0 heterocycles. The van der Waals surface area contributed by atoms with Gasteiger partial charge in [-0.25, -0.2) is 4.79 Å². The molecule has 0 fully saturated rings. The maximum absolute atomic E-state index is 11.0. The molecule has 0 bridgehead atoms. The first-order valence-corrected chi connectivity index (χ1v) is 5.57. The maximum Gasteiger partial charge on any atom is 0.338 e. The van der Waals surface area contributed by atoms with Crippen LogP contribution in [-0.2, 0) is 14.3 Å². The van der Waals surface area contributed by atoms with Crippen molar-refractivity contribution in [1.29, 1.82) is 0 Å². The van der Waals surface area contributed by atoms with Crippen LogP contribution in [0.5, 0.6) is 0 Å². The number of hydrogen-bond acceptors (Lipinski definition) is 5. The van der Waals surface area contributed by atoms with E-state index in [9.17, 15) is 9.90 Å². The minimum Gasteiger partial charge on any atom is -0.467 e. The Morgan fingerprint density at radius 2 is 2.14 bits per heavy atom. The van der Waals surface area contributed by atoms with Gasteiger partial charge in [0.25, 0.3) is 0 Å². The summed E-state index contributed by atoms with van der Waals surface area (Å²) in [4.78, 5) is 11.0. The highest BCUT2D eigenvalue weighted by molar-refractivity contribution is 7.99. The molecule has 0 aromatic heterocycles. The summed E-state index contributed by atoms with van der Waals surface area (Å²) in [5, 5.41) is 9.61. The highest BCUT2D eigenvalue weighted by Gasteiger charge is 2.30. The van der Waals surface area contributed by atoms with Crippen LogP contribution in [0.3, 0.4) is 0 Å². The molecule has 0 aliphatic heterocycles. The molecule has 0 rings (SSSR count). The van der Waals surface area contributed by atoms with Crippen molar-refractivity contribution in [3.05, 3.63) is 0 Å². The van der Waals surface area contributed by atoms with Crippen LogP contribution >= 0.6 is 11.8 Å². The van der Waals surface area contributed by atoms with E-state index in [1.165, 1.54) is 25.8 Å². The lowest BCUT2D eigenvalue weighted by Crippen LogP contribution is -2.38. The third-order valence-electron chi connectivity index (χ3n) is 1.65. The molecule has 4 nitrogen and oxygen atoms in total. The molecule has 0 aliphatic rings. The molecule has 1 N–H and O–H groups in total. The van der Waals surface area contributed by atoms with Gasteiger partial charge in [-0.3, -0.25) is 0 Å². The zero-order valence-electron chi connectivity index (χ0n) is 8.91. The molecule has 0 aromatic carbocycles. The average Bonchev–Trinajstić information content (AvgIpc) is 2.16. The van der Waals surface area contributed by atoms with E-state index in [1.54, 1.807) is 7.11 Å². The van der Waals surface area contributed by atoms with Crippen molar-refractivity contribution in [1.82, 2.24) is 0 Å². The fourth-order valence-corrected chi connectivity index (χ4v) is 1.84. The predicted molar refractivity (Wildman–Crippen MR) is 56.5 cm³/mol. The van der Waals surface area contributed by atoms with Gasteiger partial charge in [-0.15, -0.1) is 0 Å². The van der Waals surface area contributed by atoms with Crippen molar-refractivity contribution in [3.63, 3.8) is 0 Å². The molecule has 0 saturated carbocycles. The summed E-state index contributed by atoms with van der Waals surface area (Å²) < 4.78 is 9.34. The van der Waals surface area contributed by atoms with Crippen molar-refractivity contribution < 1.29 is 19.4 Å². The molecule has 1 unspecified atom stereocenters. The van der Waals surface area contributed by atoms with Crippen LogP contribution in [0, 0.1) is 0 Å². The first-order valence-electron chi connectivity index (χ1n) is 4.42. The molecular weight excluding hydrogens is 204 g/mol. The van der Waals surface area contributed by atoms with Crippen molar-refractivity contribution in [2.75, 3.05) is 32.3 Å². The summed E-state index contributed by atoms with van der Waals surface area (Å²) in [6.07, 6.45) is 0.915. The molecule has 0 spiro atoms. The Hall–Kier alpha value is -0.260. The lowest BCUT2D eigenvalue weighted by Gasteiger charge is -2.19. The lowest BCUT2D eigenvalue weighted by molar-refractivity contribution is -0.158. The third kappa shape index (κ3) is 5.47. The monoisotopic (exact) mass is 222 g/mol. The van der Waals surface area contributed by atoms with Gasteiger partial charge in [0.05, 0.1) is 7.11 Å². The number of hydrogen-bond donors (Lipinski definition) is 1. The van der Waals surface area contributed by atoms with Crippen LogP contribution in [0.2, 0.25) is 0 Å². The van der Waals surface area contributed by atoms with Gasteiger partial charge in [0.15, 0.2) is 5.60 Å². The van der Waals surface area contributed by atoms with Gasteiger partial charge in [0.1, 0.15) is 0 Å². The van der Waals surface area contributed by atoms with Crippen LogP contribution in [0.25, 0.3) is 0 Å². The number of aliphatic hydroxyl groups is 1. The molecule has 14 heavy (non-hydrogen) atoms. The number of thioether (sulfide) groups is 1. The van der Waals surface area contributed by atoms with Crippen LogP contribution in [-0.4, -0.2) is 49.0 Å². The number of carbonyl (C=O) groups is 1. The van der Waals surface area contributed by atoms with E-state index < -0.39 is 11.6 Å². The van der Waals surface area contributed by atoms with Gasteiger partial charge < -0.3 is 14.6 Å². The van der Waals surface area contributed by atoms with E-state index in [4.69, 9.17) is 4.74 Å². The van der Waals surface area contributed by atoms with E-state index >= 15 is 0 Å². The van der Waals surface area contributed by atoms with Crippen molar-refractivity contribution in [3.8, 4) is 0 Å². The van der Waals surface area contributed by atoms with Gasteiger partial charge in [-0.05, 0) is 19.1 Å². The number of ether oxygens (including phenoxy) is 2. The van der Waals surface area contributed by atoms with E-state index in [1.807, 2.05) is 0 Å². The van der Waals surface area contributed by atoms with E-state index in [0.29, 0.717) is 12.4 Å². The van der Waals surface area contributed by atoms with Gasteiger partial charge in [0.2, 0.25) is 0 Å². The summed E-state index contributed by atoms with van der Waals surface area (Å²) in [6, 6.07) is 0. The second-order valence-electron chi connectivity index (χ2n) is 3.16. The average molecular weight is 222 g/mol. The van der Waals surface area contributed by atoms with Crippen molar-refractivity contribution in [2.45, 2.75) is 18.9 Å². The van der Waals surface area contributed by atoms with Crippen molar-refractivity contribution in [2.24, 2.45) is 0 Å². The van der Waals surface area contributed by atoms with Gasteiger partial charge in [-0.1, -0.05) is 0 Å². The van der Waals surface area contributed by atoms with Gasteiger partial charge in [-0.2, -0.15) is 11.8 Å². The van der Waals surface area contributed by atoms with Crippen LogP contribution < -0.4 is 0 Å². The molecule has 0 amide bonds. The highest BCUT2D eigenvalue weighted by atomic mass is 32.2. The number of methoxy groups -OCH3 is 2. The lowest BCUT2D eigenvalue weighted by atomic mass is 10.1. The van der Waals surface area contributed by atoms with Crippen LogP contribution in [0.4, 0.5) is 0 Å². The Morgan fingerprint density at radius 1 is 1.50 bits per heavy atom. The van der Waals surface area contributed by atoms with E-state index in [-0.39, 0.29) is 0 Å². The number of esters is 1. The molecule has 5 heteroatoms.